The first-order chi connectivity index (χ1) is 31.1. The monoisotopic (exact) mass is 865 g/mol. The molecule has 3 aliphatic heterocycles. The number of carbonyl (C=O) groups is 4. The van der Waals surface area contributed by atoms with Gasteiger partial charge in [0, 0.05) is 36.7 Å². The highest BCUT2D eigenvalue weighted by atomic mass is 16.5. The number of likely N-dealkylation sites (tertiary alicyclic amines) is 2. The third kappa shape index (κ3) is 8.07. The summed E-state index contributed by atoms with van der Waals surface area (Å²) in [6.45, 7) is 3.30. The fourth-order valence-electron chi connectivity index (χ4n) is 9.43. The van der Waals surface area contributed by atoms with Gasteiger partial charge in [0.2, 0.25) is 5.91 Å². The highest BCUT2D eigenvalue weighted by molar-refractivity contribution is 5.98. The average molecular weight is 866 g/mol. The summed E-state index contributed by atoms with van der Waals surface area (Å²) in [6.07, 6.45) is 5.56. The second kappa shape index (κ2) is 18.0. The van der Waals surface area contributed by atoms with Gasteiger partial charge in [-0.25, -0.2) is 14.8 Å². The lowest BCUT2D eigenvalue weighted by atomic mass is 9.92. The van der Waals surface area contributed by atoms with E-state index in [4.69, 9.17) is 28.9 Å². The number of benzene rings is 4. The maximum atomic E-state index is 14.0. The normalized spacial score (nSPS) is 18.1. The van der Waals surface area contributed by atoms with Crippen molar-refractivity contribution in [3.8, 4) is 39.4 Å². The van der Waals surface area contributed by atoms with Crippen LogP contribution in [-0.2, 0) is 35.2 Å². The first-order valence-corrected chi connectivity index (χ1v) is 21.7. The van der Waals surface area contributed by atoms with E-state index in [0.717, 1.165) is 81.4 Å². The van der Waals surface area contributed by atoms with Gasteiger partial charge in [-0.15, -0.1) is 0 Å². The fourth-order valence-corrected chi connectivity index (χ4v) is 9.43. The predicted octanol–water partition coefficient (Wildman–Crippen LogP) is 7.82. The summed E-state index contributed by atoms with van der Waals surface area (Å²) in [5.41, 5.74) is 7.41. The molecule has 3 aliphatic rings. The summed E-state index contributed by atoms with van der Waals surface area (Å²) in [5, 5.41) is 4.73. The minimum Gasteiger partial charge on any atom is -0.488 e. The lowest BCUT2D eigenvalue weighted by molar-refractivity contribution is -0.151. The van der Waals surface area contributed by atoms with E-state index < -0.39 is 30.1 Å². The quantitative estimate of drug-likeness (QED) is 0.103. The third-order valence-electron chi connectivity index (χ3n) is 13.0. The van der Waals surface area contributed by atoms with Crippen molar-refractivity contribution in [3.63, 3.8) is 0 Å². The predicted molar refractivity (Wildman–Crippen MR) is 238 cm³/mol. The molecule has 0 saturated carbocycles. The smallest absolute Gasteiger partial charge is 0.407 e. The van der Waals surface area contributed by atoms with E-state index in [-0.39, 0.29) is 30.3 Å². The van der Waals surface area contributed by atoms with Gasteiger partial charge in [-0.3, -0.25) is 14.4 Å². The number of aromatic nitrogens is 4. The second-order valence-corrected chi connectivity index (χ2v) is 16.6. The SMILES string of the molecule is COC(=O)C[C@H](C(=O)N1CCC[C@H]1c1ncc(-c2ccc3c(c2)COc2c-3ccc3cc(-c4cnc([C@@H]5CCCN5C(=O)[C@H](NC(=O)OC)c5ccccc5)[nH]4)ccc23)[nH]1)[C@@H](C)OC. The number of imidazole rings is 2. The molecule has 4 aromatic carbocycles. The van der Waals surface area contributed by atoms with E-state index in [9.17, 15) is 19.2 Å². The van der Waals surface area contributed by atoms with Gasteiger partial charge in [-0.05, 0) is 78.4 Å². The van der Waals surface area contributed by atoms with Crippen molar-refractivity contribution in [1.82, 2.24) is 35.1 Å². The number of esters is 1. The first kappa shape index (κ1) is 42.3. The Hall–Kier alpha value is -7.00. The number of alkyl carbamates (subject to hydrolysis) is 1. The number of nitrogens with one attached hydrogen (secondary N) is 3. The van der Waals surface area contributed by atoms with Crippen LogP contribution in [0.15, 0.2) is 91.3 Å². The van der Waals surface area contributed by atoms with E-state index in [1.807, 2.05) is 41.4 Å². The number of methoxy groups -OCH3 is 3. The number of H-pyrrole nitrogens is 2. The Bertz CT molecular complexity index is 2710. The van der Waals surface area contributed by atoms with Gasteiger partial charge in [0.05, 0.1) is 68.5 Å². The summed E-state index contributed by atoms with van der Waals surface area (Å²) in [5.74, 6) is 0.751. The van der Waals surface area contributed by atoms with Gasteiger partial charge >= 0.3 is 12.1 Å². The number of hydrogen-bond donors (Lipinski definition) is 3. The zero-order valence-corrected chi connectivity index (χ0v) is 36.3. The van der Waals surface area contributed by atoms with Crippen molar-refractivity contribution in [2.24, 2.45) is 5.92 Å². The lowest BCUT2D eigenvalue weighted by Gasteiger charge is -2.30. The van der Waals surface area contributed by atoms with Crippen LogP contribution in [-0.4, -0.2) is 94.1 Å². The molecule has 0 radical (unpaired) electrons. The molecule has 2 fully saturated rings. The van der Waals surface area contributed by atoms with Crippen LogP contribution in [0.3, 0.4) is 0 Å². The van der Waals surface area contributed by atoms with Crippen LogP contribution in [0.2, 0.25) is 0 Å². The van der Waals surface area contributed by atoms with Crippen molar-refractivity contribution >= 4 is 34.6 Å². The van der Waals surface area contributed by atoms with E-state index >= 15 is 0 Å². The zero-order valence-electron chi connectivity index (χ0n) is 36.3. The maximum Gasteiger partial charge on any atom is 0.407 e. The van der Waals surface area contributed by atoms with Crippen LogP contribution < -0.4 is 10.1 Å². The van der Waals surface area contributed by atoms with Crippen molar-refractivity contribution < 1.29 is 38.1 Å². The summed E-state index contributed by atoms with van der Waals surface area (Å²) < 4.78 is 21.7. The molecule has 330 valence electrons. The van der Waals surface area contributed by atoms with Gasteiger partial charge in [-0.2, -0.15) is 0 Å². The van der Waals surface area contributed by atoms with Gasteiger partial charge < -0.3 is 44.0 Å². The maximum absolute atomic E-state index is 14.0. The Balaban J connectivity index is 0.912. The largest absolute Gasteiger partial charge is 0.488 e. The standard InChI is InChI=1S/C49H51N7O8/c1-28(61-2)37(24-42(57)62-3)47(58)55-20-8-12-40(55)45-50-26-39(53-45)32-15-17-34-33(23-32)27-64-44-35-18-16-31(22-30(35)14-19-36(34)44)38-25-51-46(52-38)41-13-9-21-56(41)48(59)43(54-49(60)63-4)29-10-6-5-7-11-29/h5-7,10-11,14-19,22-23,25-26,28,37,40-41,43H,8-9,12-13,20-21,24,27H2,1-4H3,(H,50,53)(H,51,52)(H,54,60)/t28-,37+,40+,41+,43-/m1/s1. The molecule has 0 bridgehead atoms. The number of carbonyl (C=O) groups excluding carboxylic acids is 4. The molecular weight excluding hydrogens is 815 g/mol. The van der Waals surface area contributed by atoms with Crippen LogP contribution in [0, 0.1) is 5.92 Å². The molecule has 5 atom stereocenters. The molecular formula is C49H51N7O8. The molecule has 3 N–H and O–H groups in total. The number of fused-ring (bicyclic) bond motifs is 5. The van der Waals surface area contributed by atoms with Gasteiger partial charge in [0.25, 0.3) is 5.91 Å². The molecule has 2 saturated heterocycles. The van der Waals surface area contributed by atoms with Crippen molar-refractivity contribution in [3.05, 3.63) is 114 Å². The number of ether oxygens (including phenoxy) is 4. The van der Waals surface area contributed by atoms with Crippen molar-refractivity contribution in [1.29, 1.82) is 0 Å². The van der Waals surface area contributed by atoms with Gasteiger partial charge in [-0.1, -0.05) is 60.7 Å². The van der Waals surface area contributed by atoms with Crippen molar-refractivity contribution in [2.45, 2.75) is 69.9 Å². The molecule has 9 rings (SSSR count). The number of amides is 3. The molecule has 15 nitrogen and oxygen atoms in total. The van der Waals surface area contributed by atoms with Crippen LogP contribution in [0.5, 0.6) is 5.75 Å². The molecule has 5 heterocycles. The topological polar surface area (TPSA) is 181 Å². The molecule has 0 spiro atoms. The van der Waals surface area contributed by atoms with Crippen LogP contribution in [0.4, 0.5) is 4.79 Å². The molecule has 2 aromatic heterocycles. The van der Waals surface area contributed by atoms with Crippen LogP contribution in [0.1, 0.15) is 79.9 Å². The van der Waals surface area contributed by atoms with E-state index in [1.54, 1.807) is 18.0 Å². The molecule has 0 aliphatic carbocycles. The molecule has 64 heavy (non-hydrogen) atoms. The number of aromatic amines is 2. The number of rotatable bonds is 12. The molecule has 6 aromatic rings. The first-order valence-electron chi connectivity index (χ1n) is 21.7. The summed E-state index contributed by atoms with van der Waals surface area (Å²) >= 11 is 0. The molecule has 3 amide bonds. The Morgan fingerprint density at radius 1 is 0.781 bits per heavy atom. The van der Waals surface area contributed by atoms with Crippen molar-refractivity contribution in [2.75, 3.05) is 34.4 Å². The Morgan fingerprint density at radius 3 is 2.08 bits per heavy atom. The zero-order chi connectivity index (χ0) is 44.5. The minimum absolute atomic E-state index is 0.0525. The lowest BCUT2D eigenvalue weighted by Crippen LogP contribution is -2.42. The summed E-state index contributed by atoms with van der Waals surface area (Å²) in [7, 11) is 4.14. The minimum atomic E-state index is -0.893. The van der Waals surface area contributed by atoms with Gasteiger partial charge in [0.15, 0.2) is 0 Å². The highest BCUT2D eigenvalue weighted by Gasteiger charge is 2.40. The van der Waals surface area contributed by atoms with E-state index in [2.05, 4.69) is 63.8 Å². The van der Waals surface area contributed by atoms with Crippen LogP contribution >= 0.6 is 0 Å². The Kier molecular flexibility index (Phi) is 11.9. The fraction of sp³-hybridized carbons (Fsp3) is 0.347. The van der Waals surface area contributed by atoms with Crippen LogP contribution in [0.25, 0.3) is 44.4 Å². The second-order valence-electron chi connectivity index (χ2n) is 16.6. The molecule has 15 heteroatoms. The third-order valence-corrected chi connectivity index (χ3v) is 13.0. The average Bonchev–Trinajstić information content (AvgIpc) is 4.19. The Labute approximate surface area is 370 Å². The summed E-state index contributed by atoms with van der Waals surface area (Å²) in [6, 6.07) is 24.5. The van der Waals surface area contributed by atoms with E-state index in [0.29, 0.717) is 36.9 Å². The summed E-state index contributed by atoms with van der Waals surface area (Å²) in [4.78, 5) is 72.3. The Morgan fingerprint density at radius 2 is 1.42 bits per heavy atom. The number of hydrogen-bond acceptors (Lipinski definition) is 10. The molecule has 0 unspecified atom stereocenters. The highest BCUT2D eigenvalue weighted by Crippen LogP contribution is 2.44. The number of nitrogens with zero attached hydrogens (tertiary/aromatic N) is 4. The van der Waals surface area contributed by atoms with E-state index in [1.165, 1.54) is 21.3 Å². The van der Waals surface area contributed by atoms with Gasteiger partial charge in [0.1, 0.15) is 30.0 Å².